The Balaban J connectivity index is 0. The first-order chi connectivity index (χ1) is 12.0. The molecule has 1 unspecified atom stereocenters. The number of halogens is 3. The Morgan fingerprint density at radius 1 is 0.929 bits per heavy atom. The van der Waals surface area contributed by atoms with Crippen LogP contribution in [0.5, 0.6) is 0 Å². The molecule has 28 heavy (non-hydrogen) atoms. The van der Waals surface area contributed by atoms with Gasteiger partial charge < -0.3 is 7.43 Å². The molecule has 0 aromatic heterocycles. The SMILES string of the molecule is CC1=[C-]C(C)C(C)=C1C.Cl.Cl.[CH3-].[Si]=[Ti][Cl].c1ccc2c(c1)[cH-]c1ccccc12. The van der Waals surface area contributed by atoms with Crippen molar-refractivity contribution in [2.45, 2.75) is 27.7 Å². The molecule has 0 saturated heterocycles. The van der Waals surface area contributed by atoms with E-state index in [0.29, 0.717) is 5.92 Å². The van der Waals surface area contributed by atoms with Crippen molar-refractivity contribution in [3.63, 3.8) is 0 Å². The summed E-state index contributed by atoms with van der Waals surface area (Å²) < 4.78 is 0. The Bertz CT molecular complexity index is 891. The predicted octanol–water partition coefficient (Wildman–Crippen LogP) is 8.03. The van der Waals surface area contributed by atoms with Crippen molar-refractivity contribution in [3.05, 3.63) is 84.8 Å². The third-order valence-corrected chi connectivity index (χ3v) is 4.76. The minimum Gasteiger partial charge on any atom is -0.126 e. The van der Waals surface area contributed by atoms with E-state index in [9.17, 15) is 0 Å². The molecule has 1 atom stereocenters. The minimum absolute atomic E-state index is 0. The number of fused-ring (bicyclic) bond motifs is 3. The average Bonchev–Trinajstić information content (AvgIpc) is 3.09. The van der Waals surface area contributed by atoms with Gasteiger partial charge in [-0.25, -0.2) is 5.57 Å². The van der Waals surface area contributed by atoms with Gasteiger partial charge in [-0.05, 0) is 0 Å². The van der Waals surface area contributed by atoms with E-state index in [1.807, 2.05) is 0 Å². The minimum atomic E-state index is -0.222. The van der Waals surface area contributed by atoms with Gasteiger partial charge in [0.1, 0.15) is 0 Å². The molecule has 4 rings (SSSR count). The molecule has 1 aliphatic carbocycles. The summed E-state index contributed by atoms with van der Waals surface area (Å²) in [5.74, 6) is 0.560. The Labute approximate surface area is 197 Å². The summed E-state index contributed by atoms with van der Waals surface area (Å²) in [4.78, 5) is 0. The van der Waals surface area contributed by atoms with Crippen LogP contribution in [0.1, 0.15) is 27.7 Å². The van der Waals surface area contributed by atoms with E-state index in [-0.39, 0.29) is 49.1 Å². The first-order valence-corrected chi connectivity index (χ1v) is 13.3. The number of hydrogen-bond acceptors (Lipinski definition) is 0. The fraction of sp³-hybridized carbons (Fsp3) is 0.217. The number of allylic oxidation sites excluding steroid dienone is 4. The molecule has 5 heteroatoms. The van der Waals surface area contributed by atoms with Gasteiger partial charge >= 0.3 is 33.8 Å². The fourth-order valence-corrected chi connectivity index (χ4v) is 3.07. The van der Waals surface area contributed by atoms with E-state index in [1.54, 1.807) is 0 Å². The van der Waals surface area contributed by atoms with Gasteiger partial charge in [-0.3, -0.25) is 6.08 Å². The zero-order valence-electron chi connectivity index (χ0n) is 17.0. The molecule has 0 aliphatic heterocycles. The normalized spacial score (nSPS) is 14.2. The van der Waals surface area contributed by atoms with Crippen LogP contribution in [-0.4, -0.2) is 7.63 Å². The van der Waals surface area contributed by atoms with Crippen LogP contribution in [-0.2, 0) is 16.8 Å². The Kier molecular flexibility index (Phi) is 15.5. The second-order valence-corrected chi connectivity index (χ2v) is 9.62. The molecule has 3 aromatic rings. The molecule has 0 bridgehead atoms. The van der Waals surface area contributed by atoms with Gasteiger partial charge in [-0.15, -0.1) is 71.5 Å². The maximum atomic E-state index is 5.04. The zero-order chi connectivity index (χ0) is 18.4. The molecule has 0 fully saturated rings. The first kappa shape index (κ1) is 29.8. The average molecular weight is 486 g/mol. The zero-order valence-corrected chi connectivity index (χ0v) is 21.9. The van der Waals surface area contributed by atoms with Crippen LogP contribution in [0.4, 0.5) is 0 Å². The van der Waals surface area contributed by atoms with E-state index in [0.717, 1.165) is 0 Å². The van der Waals surface area contributed by atoms with Crippen molar-refractivity contribution in [2.24, 2.45) is 5.92 Å². The van der Waals surface area contributed by atoms with Crippen molar-refractivity contribution in [2.75, 3.05) is 0 Å². The summed E-state index contributed by atoms with van der Waals surface area (Å²) in [6.07, 6.45) is 3.36. The third kappa shape index (κ3) is 7.45. The van der Waals surface area contributed by atoms with Crippen molar-refractivity contribution < 1.29 is 16.8 Å². The maximum Gasteiger partial charge on any atom is -0.0771 e. The van der Waals surface area contributed by atoms with Crippen molar-refractivity contribution in [1.82, 2.24) is 0 Å². The van der Waals surface area contributed by atoms with Crippen LogP contribution >= 0.6 is 34.1 Å². The summed E-state index contributed by atoms with van der Waals surface area (Å²) >= 11 is -0.222. The maximum absolute atomic E-state index is 5.04. The van der Waals surface area contributed by atoms with Gasteiger partial charge in [0.05, 0.1) is 0 Å². The smallest absolute Gasteiger partial charge is 0.0771 e. The molecule has 0 N–H and O–H groups in total. The number of rotatable bonds is 0. The molecule has 2 radical (unpaired) electrons. The first-order valence-electron chi connectivity index (χ1n) is 8.33. The van der Waals surface area contributed by atoms with Gasteiger partial charge in [0.2, 0.25) is 0 Å². The largest absolute Gasteiger partial charge is 0.126 e. The molecule has 1 aliphatic rings. The monoisotopic (exact) mass is 484 g/mol. The van der Waals surface area contributed by atoms with Crippen LogP contribution in [0.25, 0.3) is 21.5 Å². The van der Waals surface area contributed by atoms with Crippen molar-refractivity contribution in [3.8, 4) is 0 Å². The molecule has 0 amide bonds. The van der Waals surface area contributed by atoms with Crippen molar-refractivity contribution in [1.29, 1.82) is 0 Å². The molecular formula is C23H27Cl3SiTi-3. The van der Waals surface area contributed by atoms with Crippen LogP contribution in [0.3, 0.4) is 0 Å². The molecule has 151 valence electrons. The van der Waals surface area contributed by atoms with Crippen LogP contribution in [0.15, 0.2) is 71.3 Å². The molecule has 0 nitrogen and oxygen atoms in total. The predicted molar refractivity (Wildman–Crippen MR) is 130 cm³/mol. The summed E-state index contributed by atoms with van der Waals surface area (Å²) in [6.45, 7) is 8.67. The van der Waals surface area contributed by atoms with E-state index < -0.39 is 0 Å². The van der Waals surface area contributed by atoms with Gasteiger partial charge in [0.15, 0.2) is 0 Å². The van der Waals surface area contributed by atoms with Crippen LogP contribution in [0.2, 0.25) is 0 Å². The van der Waals surface area contributed by atoms with Crippen molar-refractivity contribution >= 4 is 63.3 Å². The van der Waals surface area contributed by atoms with Gasteiger partial charge in [0.25, 0.3) is 0 Å². The molecular weight excluding hydrogens is 459 g/mol. The summed E-state index contributed by atoms with van der Waals surface area (Å²) in [6, 6.07) is 19.3. The summed E-state index contributed by atoms with van der Waals surface area (Å²) in [7, 11) is 8.11. The van der Waals surface area contributed by atoms with E-state index in [1.165, 1.54) is 38.3 Å². The molecule has 0 spiro atoms. The third-order valence-electron chi connectivity index (χ3n) is 4.76. The number of benzene rings is 2. The quantitative estimate of drug-likeness (QED) is 0.223. The van der Waals surface area contributed by atoms with Gasteiger partial charge in [-0.2, -0.15) is 11.1 Å². The Morgan fingerprint density at radius 3 is 1.61 bits per heavy atom. The van der Waals surface area contributed by atoms with E-state index in [4.69, 9.17) is 9.30 Å². The topological polar surface area (TPSA) is 0 Å². The molecule has 0 saturated carbocycles. The van der Waals surface area contributed by atoms with Gasteiger partial charge in [-0.1, -0.05) is 63.1 Å². The van der Waals surface area contributed by atoms with E-state index in [2.05, 4.69) is 96.0 Å². The fourth-order valence-electron chi connectivity index (χ4n) is 3.07. The molecule has 3 aromatic carbocycles. The Morgan fingerprint density at radius 2 is 1.32 bits per heavy atom. The Hall–Kier alpha value is -0.409. The molecule has 0 heterocycles. The number of hydrogen-bond donors (Lipinski definition) is 0. The summed E-state index contributed by atoms with van der Waals surface area (Å²) in [5.41, 5.74) is 4.25. The van der Waals surface area contributed by atoms with Crippen LogP contribution < -0.4 is 0 Å². The second-order valence-electron chi connectivity index (χ2n) is 6.21. The standard InChI is InChI=1S/C13H9.C9H13.CH3.3ClH.Si.Ti/c1-3-7-12-10(5-1)9-11-6-2-4-8-13(11)12;1-6-5-7(2)9(4)8(6)3;;;;;;/h1-9H;6H,1-4H3;1H3;3*1H;;/q3*-1;;;;;+1/p-1. The van der Waals surface area contributed by atoms with E-state index >= 15 is 0 Å². The van der Waals surface area contributed by atoms with Crippen LogP contribution in [0, 0.1) is 19.4 Å². The second kappa shape index (κ2) is 14.6. The summed E-state index contributed by atoms with van der Waals surface area (Å²) in [5, 5.41) is 5.39. The van der Waals surface area contributed by atoms with Gasteiger partial charge in [0, 0.05) is 0 Å².